The molecule has 0 saturated carbocycles. The second kappa shape index (κ2) is 8.11. The number of β-amino-alcohol motifs (C(OH)–C–C–N with tert-alkyl or cyclic N) is 1. The van der Waals surface area contributed by atoms with Crippen LogP contribution in [-0.4, -0.2) is 85.4 Å². The van der Waals surface area contributed by atoms with Crippen LogP contribution in [-0.2, 0) is 6.54 Å². The minimum atomic E-state index is -0.166. The molecule has 1 aromatic rings. The number of aliphatic hydroxyl groups is 1. The summed E-state index contributed by atoms with van der Waals surface area (Å²) in [4.78, 5) is 7.14. The fraction of sp³-hybridized carbons (Fsp3) is 0.667. The van der Waals surface area contributed by atoms with Crippen molar-refractivity contribution in [3.8, 4) is 5.75 Å². The molecule has 1 atom stereocenters. The summed E-state index contributed by atoms with van der Waals surface area (Å²) in [7, 11) is 2.18. The molecule has 2 aliphatic heterocycles. The average molecular weight is 319 g/mol. The van der Waals surface area contributed by atoms with Gasteiger partial charge in [-0.05, 0) is 19.5 Å². The van der Waals surface area contributed by atoms with Gasteiger partial charge in [0.1, 0.15) is 12.4 Å². The van der Waals surface area contributed by atoms with Gasteiger partial charge in [-0.2, -0.15) is 0 Å². The Morgan fingerprint density at radius 2 is 1.87 bits per heavy atom. The van der Waals surface area contributed by atoms with Gasteiger partial charge < -0.3 is 14.7 Å². The molecule has 5 heteroatoms. The van der Waals surface area contributed by atoms with Crippen molar-refractivity contribution in [1.82, 2.24) is 14.7 Å². The normalized spacial score (nSPS) is 24.2. The lowest BCUT2D eigenvalue weighted by atomic mass is 10.2. The lowest BCUT2D eigenvalue weighted by molar-refractivity contribution is 0.133. The Labute approximate surface area is 139 Å². The molecule has 1 aromatic carbocycles. The van der Waals surface area contributed by atoms with Gasteiger partial charge in [0.05, 0.1) is 6.10 Å². The van der Waals surface area contributed by atoms with E-state index in [1.165, 1.54) is 5.56 Å². The molecule has 0 bridgehead atoms. The summed E-state index contributed by atoms with van der Waals surface area (Å²) >= 11 is 0. The molecule has 2 heterocycles. The second-order valence-corrected chi connectivity index (χ2v) is 6.78. The summed E-state index contributed by atoms with van der Waals surface area (Å²) in [5.41, 5.74) is 1.22. The van der Waals surface area contributed by atoms with Crippen molar-refractivity contribution in [1.29, 1.82) is 0 Å². The van der Waals surface area contributed by atoms with E-state index in [2.05, 4.69) is 39.9 Å². The zero-order chi connectivity index (χ0) is 16.1. The van der Waals surface area contributed by atoms with Gasteiger partial charge in [0.2, 0.25) is 0 Å². The highest BCUT2D eigenvalue weighted by molar-refractivity contribution is 5.33. The second-order valence-electron chi connectivity index (χ2n) is 6.78. The molecule has 128 valence electrons. The fourth-order valence-electron chi connectivity index (χ4n) is 3.33. The van der Waals surface area contributed by atoms with Crippen LogP contribution in [0, 0.1) is 0 Å². The quantitative estimate of drug-likeness (QED) is 0.843. The highest BCUT2D eigenvalue weighted by Crippen LogP contribution is 2.22. The Hall–Kier alpha value is -1.14. The van der Waals surface area contributed by atoms with Crippen LogP contribution in [0.3, 0.4) is 0 Å². The molecular formula is C18H29N3O2. The SMILES string of the molecule is CN1CCN(CCOc2ccccc2CN2CC[C@@H](O)C2)CC1. The Morgan fingerprint density at radius 1 is 1.09 bits per heavy atom. The molecule has 2 saturated heterocycles. The number of likely N-dealkylation sites (N-methyl/N-ethyl adjacent to an activating group) is 1. The first-order valence-corrected chi connectivity index (χ1v) is 8.73. The van der Waals surface area contributed by atoms with Crippen molar-refractivity contribution in [2.24, 2.45) is 0 Å². The number of hydrogen-bond donors (Lipinski definition) is 1. The third-order valence-electron chi connectivity index (χ3n) is 4.88. The molecule has 2 fully saturated rings. The molecule has 0 aliphatic carbocycles. The molecule has 3 rings (SSSR count). The highest BCUT2D eigenvalue weighted by atomic mass is 16.5. The minimum Gasteiger partial charge on any atom is -0.492 e. The predicted molar refractivity (Wildman–Crippen MR) is 91.8 cm³/mol. The van der Waals surface area contributed by atoms with Crippen molar-refractivity contribution in [2.75, 3.05) is 59.5 Å². The minimum absolute atomic E-state index is 0.166. The predicted octanol–water partition coefficient (Wildman–Crippen LogP) is 0.879. The number of aliphatic hydroxyl groups excluding tert-OH is 1. The first kappa shape index (κ1) is 16.7. The molecule has 0 amide bonds. The highest BCUT2D eigenvalue weighted by Gasteiger charge is 2.21. The number of nitrogens with zero attached hydrogens (tertiary/aromatic N) is 3. The van der Waals surface area contributed by atoms with Gasteiger partial charge in [-0.25, -0.2) is 0 Å². The van der Waals surface area contributed by atoms with Crippen molar-refractivity contribution >= 4 is 0 Å². The number of para-hydroxylation sites is 1. The summed E-state index contributed by atoms with van der Waals surface area (Å²) in [6.45, 7) is 8.89. The average Bonchev–Trinajstić information content (AvgIpc) is 2.96. The molecule has 0 aromatic heterocycles. The first-order valence-electron chi connectivity index (χ1n) is 8.73. The lowest BCUT2D eigenvalue weighted by Crippen LogP contribution is -2.45. The topological polar surface area (TPSA) is 39.2 Å². The van der Waals surface area contributed by atoms with Gasteiger partial charge in [0.15, 0.2) is 0 Å². The van der Waals surface area contributed by atoms with E-state index >= 15 is 0 Å². The van der Waals surface area contributed by atoms with E-state index in [1.807, 2.05) is 6.07 Å². The third kappa shape index (κ3) is 4.91. The van der Waals surface area contributed by atoms with E-state index in [1.54, 1.807) is 0 Å². The van der Waals surface area contributed by atoms with Crippen LogP contribution in [0.4, 0.5) is 0 Å². The van der Waals surface area contributed by atoms with Crippen LogP contribution in [0.15, 0.2) is 24.3 Å². The summed E-state index contributed by atoms with van der Waals surface area (Å²) in [6, 6.07) is 8.30. The lowest BCUT2D eigenvalue weighted by Gasteiger charge is -2.32. The maximum atomic E-state index is 9.67. The molecule has 2 aliphatic rings. The van der Waals surface area contributed by atoms with Crippen molar-refractivity contribution in [3.63, 3.8) is 0 Å². The van der Waals surface area contributed by atoms with E-state index in [9.17, 15) is 5.11 Å². The largest absolute Gasteiger partial charge is 0.492 e. The number of rotatable bonds is 6. The van der Waals surface area contributed by atoms with E-state index in [-0.39, 0.29) is 6.10 Å². The van der Waals surface area contributed by atoms with Gasteiger partial charge in [-0.15, -0.1) is 0 Å². The molecule has 23 heavy (non-hydrogen) atoms. The van der Waals surface area contributed by atoms with Gasteiger partial charge in [-0.1, -0.05) is 18.2 Å². The fourth-order valence-corrected chi connectivity index (χ4v) is 3.33. The summed E-state index contributed by atoms with van der Waals surface area (Å²) < 4.78 is 6.06. The number of benzene rings is 1. The van der Waals surface area contributed by atoms with Crippen molar-refractivity contribution in [2.45, 2.75) is 19.1 Å². The molecule has 5 nitrogen and oxygen atoms in total. The van der Waals surface area contributed by atoms with Gasteiger partial charge >= 0.3 is 0 Å². The summed E-state index contributed by atoms with van der Waals surface area (Å²) in [5.74, 6) is 0.989. The monoisotopic (exact) mass is 319 g/mol. The number of hydrogen-bond acceptors (Lipinski definition) is 5. The zero-order valence-corrected chi connectivity index (χ0v) is 14.2. The standard InChI is InChI=1S/C18H29N3O2/c1-19-8-10-20(11-9-19)12-13-23-18-5-3-2-4-16(18)14-21-7-6-17(22)15-21/h2-5,17,22H,6-15H2,1H3/t17-/m1/s1. The van der Waals surface area contributed by atoms with Gasteiger partial charge in [0, 0.05) is 57.9 Å². The Bertz CT molecular complexity index is 489. The zero-order valence-electron chi connectivity index (χ0n) is 14.2. The van der Waals surface area contributed by atoms with E-state index < -0.39 is 0 Å². The van der Waals surface area contributed by atoms with E-state index in [4.69, 9.17) is 4.74 Å². The van der Waals surface area contributed by atoms with Crippen LogP contribution in [0.25, 0.3) is 0 Å². The Morgan fingerprint density at radius 3 is 2.61 bits per heavy atom. The molecule has 0 radical (unpaired) electrons. The van der Waals surface area contributed by atoms with Crippen molar-refractivity contribution in [3.05, 3.63) is 29.8 Å². The molecule has 0 unspecified atom stereocenters. The number of likely N-dealkylation sites (tertiary alicyclic amines) is 1. The maximum absolute atomic E-state index is 9.67. The Kier molecular flexibility index (Phi) is 5.89. The van der Waals surface area contributed by atoms with E-state index in [0.717, 1.165) is 71.1 Å². The van der Waals surface area contributed by atoms with Crippen molar-refractivity contribution < 1.29 is 9.84 Å². The van der Waals surface area contributed by atoms with Gasteiger partial charge in [-0.3, -0.25) is 9.80 Å². The smallest absolute Gasteiger partial charge is 0.123 e. The summed E-state index contributed by atoms with van der Waals surface area (Å²) in [5, 5.41) is 9.67. The molecule has 1 N–H and O–H groups in total. The maximum Gasteiger partial charge on any atom is 0.123 e. The van der Waals surface area contributed by atoms with Crippen LogP contribution in [0.2, 0.25) is 0 Å². The number of piperazine rings is 1. The van der Waals surface area contributed by atoms with Crippen LogP contribution in [0.5, 0.6) is 5.75 Å². The summed E-state index contributed by atoms with van der Waals surface area (Å²) in [6.07, 6.45) is 0.715. The van der Waals surface area contributed by atoms with Gasteiger partial charge in [0.25, 0.3) is 0 Å². The first-order chi connectivity index (χ1) is 11.2. The third-order valence-corrected chi connectivity index (χ3v) is 4.88. The molecule has 0 spiro atoms. The van der Waals surface area contributed by atoms with Crippen LogP contribution >= 0.6 is 0 Å². The number of ether oxygens (including phenoxy) is 1. The Balaban J connectivity index is 1.47. The van der Waals surface area contributed by atoms with Crippen LogP contribution in [0.1, 0.15) is 12.0 Å². The van der Waals surface area contributed by atoms with Crippen LogP contribution < -0.4 is 4.74 Å². The van der Waals surface area contributed by atoms with E-state index in [0.29, 0.717) is 0 Å². The molecular weight excluding hydrogens is 290 g/mol.